The van der Waals surface area contributed by atoms with Gasteiger partial charge in [0, 0.05) is 19.5 Å². The molecule has 0 aliphatic rings. The van der Waals surface area contributed by atoms with E-state index in [1.54, 1.807) is 6.92 Å². The molecule has 0 saturated heterocycles. The maximum absolute atomic E-state index is 10.5. The van der Waals surface area contributed by atoms with Crippen molar-refractivity contribution < 1.29 is 46.3 Å². The molecule has 0 heterocycles. The summed E-state index contributed by atoms with van der Waals surface area (Å²) in [6.45, 7) is 7.19. The van der Waals surface area contributed by atoms with Gasteiger partial charge >= 0.3 is 5.95 Å². The standard InChI is InChI=1S/C7H13O2.BrH.Zn/c1-5-6(8)9-7(2,3)4;;/h5H,1-4H3;1H;/p-1. The van der Waals surface area contributed by atoms with Crippen LogP contribution in [0.3, 0.4) is 0 Å². The van der Waals surface area contributed by atoms with Crippen molar-refractivity contribution >= 4 is 0 Å². The van der Waals surface area contributed by atoms with Crippen molar-refractivity contribution in [3.8, 4) is 0 Å². The minimum atomic E-state index is -0.358. The summed E-state index contributed by atoms with van der Waals surface area (Å²) < 4.78 is 4.89. The monoisotopic (exact) mass is 272 g/mol. The zero-order valence-corrected chi connectivity index (χ0v) is 12.0. The molecule has 0 atom stereocenters. The Morgan fingerprint density at radius 2 is 1.73 bits per heavy atom. The van der Waals surface area contributed by atoms with Crippen molar-refractivity contribution in [2.24, 2.45) is 0 Å². The predicted octanol–water partition coefficient (Wildman–Crippen LogP) is -0.905. The maximum atomic E-state index is 10.5. The Labute approximate surface area is 91.5 Å². The van der Waals surface area contributed by atoms with Crippen molar-refractivity contribution in [3.05, 3.63) is 12.0 Å². The van der Waals surface area contributed by atoms with Gasteiger partial charge in [0.1, 0.15) is 5.60 Å². The average molecular weight is 274 g/mol. The van der Waals surface area contributed by atoms with Gasteiger partial charge in [0.2, 0.25) is 0 Å². The molecule has 0 fully saturated rings. The van der Waals surface area contributed by atoms with Crippen molar-refractivity contribution in [3.63, 3.8) is 0 Å². The maximum Gasteiger partial charge on any atom is 0.326 e. The minimum Gasteiger partial charge on any atom is -1.00 e. The van der Waals surface area contributed by atoms with E-state index in [1.807, 2.05) is 20.8 Å². The third kappa shape index (κ3) is 13.4. The number of rotatable bonds is 1. The van der Waals surface area contributed by atoms with E-state index >= 15 is 0 Å². The molecule has 0 rings (SSSR count). The van der Waals surface area contributed by atoms with Gasteiger partial charge in [0.25, 0.3) is 0 Å². The summed E-state index contributed by atoms with van der Waals surface area (Å²) >= 11 is 0. The Morgan fingerprint density at radius 1 is 1.36 bits per heavy atom. The van der Waals surface area contributed by atoms with Crippen LogP contribution >= 0.6 is 0 Å². The van der Waals surface area contributed by atoms with Gasteiger partial charge in [0.05, 0.1) is 0 Å². The van der Waals surface area contributed by atoms with Crippen molar-refractivity contribution in [2.75, 3.05) is 0 Å². The fraction of sp³-hybridized carbons (Fsp3) is 0.714. The topological polar surface area (TPSA) is 29.1 Å². The molecule has 0 aromatic carbocycles. The Morgan fingerprint density at radius 3 is 1.82 bits per heavy atom. The summed E-state index contributed by atoms with van der Waals surface area (Å²) in [5.41, 5.74) is -0.358. The molecule has 0 aromatic heterocycles. The van der Waals surface area contributed by atoms with Crippen LogP contribution in [0, 0.1) is 0 Å². The Hall–Kier alpha value is 0.443. The minimum absolute atomic E-state index is 0. The molecule has 0 aliphatic heterocycles. The van der Waals surface area contributed by atoms with Crippen LogP contribution in [0.4, 0.5) is 0 Å². The number of allylic oxidation sites excluding steroid dienone is 1. The second-order valence-electron chi connectivity index (χ2n) is 2.82. The zero-order valence-electron chi connectivity index (χ0n) is 7.48. The molecule has 0 amide bonds. The van der Waals surface area contributed by atoms with Crippen molar-refractivity contribution in [1.82, 2.24) is 0 Å². The molecule has 0 unspecified atom stereocenters. The van der Waals surface area contributed by atoms with Crippen LogP contribution in [0.5, 0.6) is 0 Å². The van der Waals surface area contributed by atoms with Gasteiger partial charge in [-0.25, -0.2) is 5.11 Å². The summed E-state index contributed by atoms with van der Waals surface area (Å²) in [7, 11) is 0. The van der Waals surface area contributed by atoms with Crippen LogP contribution in [-0.4, -0.2) is 5.60 Å². The summed E-state index contributed by atoms with van der Waals surface area (Å²) in [4.78, 5) is 0. The molecule has 1 radical (unpaired) electrons. The van der Waals surface area contributed by atoms with E-state index in [1.165, 1.54) is 6.08 Å². The molecule has 0 spiro atoms. The molecule has 4 heteroatoms. The van der Waals surface area contributed by atoms with E-state index in [4.69, 9.17) is 4.74 Å². The second-order valence-corrected chi connectivity index (χ2v) is 2.82. The van der Waals surface area contributed by atoms with Crippen LogP contribution < -0.4 is 17.0 Å². The molecular formula is C7H13BrO2Zn-. The summed E-state index contributed by atoms with van der Waals surface area (Å²) in [6, 6.07) is 0. The summed E-state index contributed by atoms with van der Waals surface area (Å²) in [5.74, 6) is -0.262. The molecule has 0 aliphatic carbocycles. The molecule has 11 heavy (non-hydrogen) atoms. The number of hydrogen-bond acceptors (Lipinski definition) is 1. The Balaban J connectivity index is -0.000000320. The van der Waals surface area contributed by atoms with E-state index in [2.05, 4.69) is 0 Å². The van der Waals surface area contributed by atoms with Crippen molar-refractivity contribution in [2.45, 2.75) is 33.3 Å². The zero-order chi connectivity index (χ0) is 7.49. The molecule has 0 bridgehead atoms. The van der Waals surface area contributed by atoms with Gasteiger partial charge in [-0.15, -0.1) is 0 Å². The third-order valence-electron chi connectivity index (χ3n) is 0.642. The fourth-order valence-electron chi connectivity index (χ4n) is 0.361. The largest absolute Gasteiger partial charge is 1.00 e. The first kappa shape index (κ1) is 17.5. The van der Waals surface area contributed by atoms with E-state index in [0.29, 0.717) is 0 Å². The Kier molecular flexibility index (Phi) is 11.3. The quantitative estimate of drug-likeness (QED) is 0.450. The van der Waals surface area contributed by atoms with E-state index in [-0.39, 0.29) is 48.0 Å². The first-order valence-electron chi connectivity index (χ1n) is 2.98. The average Bonchev–Trinajstić information content (AvgIpc) is 1.62. The summed E-state index contributed by atoms with van der Waals surface area (Å²) in [6.07, 6.45) is 1.41. The molecular weight excluding hydrogens is 261 g/mol. The van der Waals surface area contributed by atoms with Gasteiger partial charge in [-0.1, -0.05) is 0 Å². The first-order chi connectivity index (χ1) is 3.95. The molecule has 0 aromatic rings. The third-order valence-corrected chi connectivity index (χ3v) is 0.642. The Bertz CT molecular complexity index is 118. The van der Waals surface area contributed by atoms with Crippen molar-refractivity contribution in [1.29, 1.82) is 0 Å². The van der Waals surface area contributed by atoms with Crippen LogP contribution in [0.2, 0.25) is 0 Å². The van der Waals surface area contributed by atoms with E-state index < -0.39 is 0 Å². The van der Waals surface area contributed by atoms with E-state index in [9.17, 15) is 5.11 Å². The summed E-state index contributed by atoms with van der Waals surface area (Å²) in [5, 5.41) is 10.5. The second kappa shape index (κ2) is 7.11. The number of halogens is 1. The molecule has 0 saturated carbocycles. The van der Waals surface area contributed by atoms with Crippen LogP contribution in [0.25, 0.3) is 0 Å². The smallest absolute Gasteiger partial charge is 0.326 e. The predicted molar refractivity (Wildman–Crippen MR) is 35.3 cm³/mol. The van der Waals surface area contributed by atoms with Gasteiger partial charge in [0.15, 0.2) is 0 Å². The van der Waals surface area contributed by atoms with E-state index in [0.717, 1.165) is 0 Å². The molecule has 0 N–H and O–H groups in total. The van der Waals surface area contributed by atoms with Gasteiger partial charge in [-0.05, 0) is 33.8 Å². The van der Waals surface area contributed by atoms with Gasteiger partial charge < -0.3 is 21.7 Å². The van der Waals surface area contributed by atoms with Crippen LogP contribution in [0.15, 0.2) is 12.0 Å². The fourth-order valence-corrected chi connectivity index (χ4v) is 0.361. The van der Waals surface area contributed by atoms with Crippen LogP contribution in [-0.2, 0) is 29.3 Å². The molecule has 2 nitrogen and oxygen atoms in total. The molecule has 63 valence electrons. The number of ether oxygens (including phenoxy) is 1. The first-order valence-corrected chi connectivity index (χ1v) is 2.98. The normalized spacial score (nSPS) is 11.1. The van der Waals surface area contributed by atoms with Crippen LogP contribution in [0.1, 0.15) is 27.7 Å². The van der Waals surface area contributed by atoms with Gasteiger partial charge in [-0.2, -0.15) is 0 Å². The van der Waals surface area contributed by atoms with Gasteiger partial charge in [-0.3, -0.25) is 0 Å². The number of hydrogen-bond donors (Lipinski definition) is 0. The SMILES string of the molecule is CC=C([O])OC(C)(C)C.[Br-].[Zn].